The molecular weight excluding hydrogens is 214 g/mol. The molecular formula is C12H33NSi2. The van der Waals surface area contributed by atoms with E-state index in [0.29, 0.717) is 0 Å². The minimum Gasteiger partial charge on any atom is -0.360 e. The Morgan fingerprint density at radius 3 is 1.00 bits per heavy atom. The maximum absolute atomic E-state index is 3.74. The summed E-state index contributed by atoms with van der Waals surface area (Å²) in [6.07, 6.45) is 5.54. The summed E-state index contributed by atoms with van der Waals surface area (Å²) >= 11 is 0. The molecule has 0 aliphatic rings. The third kappa shape index (κ3) is 25.1. The summed E-state index contributed by atoms with van der Waals surface area (Å²) in [6, 6.07) is 0. The van der Waals surface area contributed by atoms with Gasteiger partial charge in [-0.1, -0.05) is 78.8 Å². The van der Waals surface area contributed by atoms with Crippen molar-refractivity contribution in [3.63, 3.8) is 0 Å². The van der Waals surface area contributed by atoms with Gasteiger partial charge in [-0.15, -0.1) is 0 Å². The summed E-state index contributed by atoms with van der Waals surface area (Å²) in [5.41, 5.74) is 0. The van der Waals surface area contributed by atoms with Crippen LogP contribution in [0.15, 0.2) is 0 Å². The highest BCUT2D eigenvalue weighted by Crippen LogP contribution is 2.02. The summed E-state index contributed by atoms with van der Waals surface area (Å²) < 4.78 is 3.74. The zero-order valence-corrected chi connectivity index (χ0v) is 14.3. The fourth-order valence-electron chi connectivity index (χ4n) is 1.62. The summed E-state index contributed by atoms with van der Waals surface area (Å²) in [6.45, 7) is 18.6. The van der Waals surface area contributed by atoms with Gasteiger partial charge in [0.1, 0.15) is 16.5 Å². The fraction of sp³-hybridized carbons (Fsp3) is 1.00. The van der Waals surface area contributed by atoms with Crippen molar-refractivity contribution in [2.75, 3.05) is 0 Å². The van der Waals surface area contributed by atoms with Crippen LogP contribution in [0.25, 0.3) is 0 Å². The van der Waals surface area contributed by atoms with E-state index in [-0.39, 0.29) is 0 Å². The highest BCUT2D eigenvalue weighted by atomic mass is 28.4. The van der Waals surface area contributed by atoms with E-state index in [1.54, 1.807) is 0 Å². The maximum atomic E-state index is 3.74. The Morgan fingerprint density at radius 1 is 0.667 bits per heavy atom. The molecule has 0 atom stereocenters. The lowest BCUT2D eigenvalue weighted by Crippen LogP contribution is -2.55. The molecule has 0 bridgehead atoms. The van der Waals surface area contributed by atoms with Crippen molar-refractivity contribution < 1.29 is 0 Å². The van der Waals surface area contributed by atoms with Gasteiger partial charge in [0.25, 0.3) is 0 Å². The van der Waals surface area contributed by atoms with Crippen molar-refractivity contribution in [1.82, 2.24) is 4.65 Å². The Balaban J connectivity index is 0. The van der Waals surface area contributed by atoms with Crippen molar-refractivity contribution in [2.24, 2.45) is 0 Å². The minimum atomic E-state index is -0.981. The lowest BCUT2D eigenvalue weighted by Gasteiger charge is -2.28. The van der Waals surface area contributed by atoms with E-state index in [1.807, 2.05) is 0 Å². The number of hydrogen-bond acceptors (Lipinski definition) is 1. The van der Waals surface area contributed by atoms with Crippen LogP contribution < -0.4 is 4.65 Å². The van der Waals surface area contributed by atoms with Gasteiger partial charge in [0.05, 0.1) is 0 Å². The Hall–Kier alpha value is 0.394. The third-order valence-corrected chi connectivity index (χ3v) is 7.71. The van der Waals surface area contributed by atoms with Crippen LogP contribution in [0.2, 0.25) is 39.3 Å². The van der Waals surface area contributed by atoms with Crippen LogP contribution in [0.3, 0.4) is 0 Å². The Bertz CT molecular complexity index is 118. The molecule has 3 heteroatoms. The summed E-state index contributed by atoms with van der Waals surface area (Å²) in [5.74, 6) is 0. The third-order valence-electron chi connectivity index (χ3n) is 1.71. The first-order chi connectivity index (χ1) is 6.62. The van der Waals surface area contributed by atoms with Crippen molar-refractivity contribution in [3.05, 3.63) is 0 Å². The van der Waals surface area contributed by atoms with E-state index in [4.69, 9.17) is 0 Å². The lowest BCUT2D eigenvalue weighted by molar-refractivity contribution is 0.702. The number of hydrogen-bond donors (Lipinski definition) is 1. The molecule has 0 saturated carbocycles. The van der Waals surface area contributed by atoms with Crippen LogP contribution in [0.1, 0.15) is 39.5 Å². The molecule has 15 heavy (non-hydrogen) atoms. The standard InChI is InChI=1S/C6H19NSi2.C6H14/c1-8(2,3)7-9(4,5)6;1-3-5-6-4-2/h7H,1-6H3;3-6H2,1-2H3. The molecule has 0 rings (SSSR count). The van der Waals surface area contributed by atoms with E-state index >= 15 is 0 Å². The van der Waals surface area contributed by atoms with E-state index in [9.17, 15) is 0 Å². The van der Waals surface area contributed by atoms with Crippen molar-refractivity contribution in [3.8, 4) is 0 Å². The molecule has 0 radical (unpaired) electrons. The van der Waals surface area contributed by atoms with Gasteiger partial charge in [-0.2, -0.15) is 0 Å². The quantitative estimate of drug-likeness (QED) is 0.542. The first kappa shape index (κ1) is 17.8. The predicted molar refractivity (Wildman–Crippen MR) is 79.6 cm³/mol. The molecule has 0 heterocycles. The second kappa shape index (κ2) is 8.53. The molecule has 0 aromatic carbocycles. The molecule has 0 aromatic heterocycles. The summed E-state index contributed by atoms with van der Waals surface area (Å²) in [7, 11) is -1.96. The zero-order chi connectivity index (χ0) is 12.5. The normalized spacial score (nSPS) is 12.0. The maximum Gasteiger partial charge on any atom is 0.109 e. The molecule has 0 aliphatic carbocycles. The first-order valence-electron chi connectivity index (χ1n) is 6.41. The molecule has 0 aromatic rings. The second-order valence-corrected chi connectivity index (χ2v) is 16.3. The van der Waals surface area contributed by atoms with Crippen LogP contribution >= 0.6 is 0 Å². The van der Waals surface area contributed by atoms with Crippen LogP contribution in [0.5, 0.6) is 0 Å². The topological polar surface area (TPSA) is 12.0 Å². The monoisotopic (exact) mass is 247 g/mol. The summed E-state index contributed by atoms with van der Waals surface area (Å²) in [5, 5.41) is 0. The van der Waals surface area contributed by atoms with E-state index in [0.717, 1.165) is 0 Å². The van der Waals surface area contributed by atoms with Crippen LogP contribution in [-0.4, -0.2) is 16.5 Å². The number of nitrogens with one attached hydrogen (secondary N) is 1. The molecule has 0 aliphatic heterocycles. The van der Waals surface area contributed by atoms with Crippen molar-refractivity contribution >= 4 is 16.5 Å². The Morgan fingerprint density at radius 2 is 0.933 bits per heavy atom. The molecule has 1 N–H and O–H groups in total. The van der Waals surface area contributed by atoms with E-state index in [2.05, 4.69) is 57.8 Å². The van der Waals surface area contributed by atoms with Crippen LogP contribution in [0, 0.1) is 0 Å². The number of rotatable bonds is 5. The average molecular weight is 248 g/mol. The lowest BCUT2D eigenvalue weighted by atomic mass is 10.2. The highest BCUT2D eigenvalue weighted by Gasteiger charge is 2.22. The van der Waals surface area contributed by atoms with Gasteiger partial charge < -0.3 is 4.65 Å². The Kier molecular flexibility index (Phi) is 10.1. The highest BCUT2D eigenvalue weighted by molar-refractivity contribution is 6.90. The molecule has 1 nitrogen and oxygen atoms in total. The smallest absolute Gasteiger partial charge is 0.109 e. The van der Waals surface area contributed by atoms with E-state index in [1.165, 1.54) is 25.7 Å². The first-order valence-corrected chi connectivity index (χ1v) is 13.4. The fourth-order valence-corrected chi connectivity index (χ4v) is 10.6. The number of unbranched alkanes of at least 4 members (excludes halogenated alkanes) is 3. The van der Waals surface area contributed by atoms with E-state index < -0.39 is 16.5 Å². The molecule has 0 spiro atoms. The van der Waals surface area contributed by atoms with Gasteiger partial charge in [0.2, 0.25) is 0 Å². The Labute approximate surface area is 100 Å². The van der Waals surface area contributed by atoms with Gasteiger partial charge >= 0.3 is 0 Å². The minimum absolute atomic E-state index is 0.981. The second-order valence-electron chi connectivity index (χ2n) is 6.33. The largest absolute Gasteiger partial charge is 0.360 e. The van der Waals surface area contributed by atoms with Crippen LogP contribution in [-0.2, 0) is 0 Å². The van der Waals surface area contributed by atoms with Gasteiger partial charge in [-0.05, 0) is 0 Å². The van der Waals surface area contributed by atoms with Gasteiger partial charge in [0.15, 0.2) is 0 Å². The predicted octanol–water partition coefficient (Wildman–Crippen LogP) is 4.83. The van der Waals surface area contributed by atoms with Gasteiger partial charge in [0, 0.05) is 0 Å². The molecule has 0 unspecified atom stereocenters. The SMILES string of the molecule is CCCCCC.C[Si](C)(C)N[Si](C)(C)C. The molecule has 0 fully saturated rings. The van der Waals surface area contributed by atoms with Crippen LogP contribution in [0.4, 0.5) is 0 Å². The molecule has 94 valence electrons. The summed E-state index contributed by atoms with van der Waals surface area (Å²) in [4.78, 5) is 0. The molecule has 0 amide bonds. The van der Waals surface area contributed by atoms with Gasteiger partial charge in [-0.25, -0.2) is 0 Å². The van der Waals surface area contributed by atoms with Crippen molar-refractivity contribution in [1.29, 1.82) is 0 Å². The molecule has 0 saturated heterocycles. The van der Waals surface area contributed by atoms with Crippen molar-refractivity contribution in [2.45, 2.75) is 78.8 Å². The average Bonchev–Trinajstić information content (AvgIpc) is 1.94. The zero-order valence-electron chi connectivity index (χ0n) is 12.3. The van der Waals surface area contributed by atoms with Gasteiger partial charge in [-0.3, -0.25) is 0 Å².